The molecular formula is C16H14N2O8S. The van der Waals surface area contributed by atoms with E-state index in [0.29, 0.717) is 6.42 Å². The molecule has 10 nitrogen and oxygen atoms in total. The summed E-state index contributed by atoms with van der Waals surface area (Å²) in [4.78, 5) is 33.3. The topological polar surface area (TPSA) is 146 Å². The number of amides is 1. The molecule has 0 radical (unpaired) electrons. The second-order valence-electron chi connectivity index (χ2n) is 5.81. The highest BCUT2D eigenvalue weighted by Gasteiger charge is 2.32. The molecule has 1 unspecified atom stereocenters. The number of rotatable bonds is 6. The number of ether oxygens (including phenoxy) is 1. The van der Waals surface area contributed by atoms with Gasteiger partial charge in [0.25, 0.3) is 5.91 Å². The molecule has 1 amide bonds. The Kier molecular flexibility index (Phi) is 4.95. The third-order valence-electron chi connectivity index (χ3n) is 3.93. The maximum atomic E-state index is 12.4. The lowest BCUT2D eigenvalue weighted by molar-refractivity contribution is -0.402. The normalized spacial score (nSPS) is 16.7. The molecule has 11 heteroatoms. The van der Waals surface area contributed by atoms with Gasteiger partial charge in [0.1, 0.15) is 4.92 Å². The van der Waals surface area contributed by atoms with Crippen LogP contribution in [0.5, 0.6) is 0 Å². The van der Waals surface area contributed by atoms with Crippen LogP contribution in [0.15, 0.2) is 45.7 Å². The number of sulfone groups is 1. The molecule has 0 aliphatic carbocycles. The molecule has 2 aromatic rings. The molecule has 1 aromatic heterocycles. The van der Waals surface area contributed by atoms with Crippen LogP contribution in [0.3, 0.4) is 0 Å². The van der Waals surface area contributed by atoms with Crippen molar-refractivity contribution < 1.29 is 32.1 Å². The van der Waals surface area contributed by atoms with Crippen molar-refractivity contribution in [2.24, 2.45) is 5.92 Å². The molecule has 1 fully saturated rings. The van der Waals surface area contributed by atoms with Gasteiger partial charge >= 0.3 is 11.9 Å². The summed E-state index contributed by atoms with van der Waals surface area (Å²) in [6, 6.07) is 7.56. The molecule has 1 aliphatic rings. The molecule has 27 heavy (non-hydrogen) atoms. The zero-order valence-corrected chi connectivity index (χ0v) is 14.6. The van der Waals surface area contributed by atoms with Crippen LogP contribution in [0.25, 0.3) is 0 Å². The first-order valence-corrected chi connectivity index (χ1v) is 9.46. The van der Waals surface area contributed by atoms with E-state index in [1.807, 2.05) is 0 Å². The molecule has 0 spiro atoms. The van der Waals surface area contributed by atoms with Crippen LogP contribution >= 0.6 is 0 Å². The lowest BCUT2D eigenvalue weighted by atomic mass is 10.1. The van der Waals surface area contributed by atoms with Crippen molar-refractivity contribution in [2.45, 2.75) is 11.3 Å². The summed E-state index contributed by atoms with van der Waals surface area (Å²) in [7, 11) is -3.69. The third-order valence-corrected chi connectivity index (χ3v) is 5.76. The van der Waals surface area contributed by atoms with Crippen LogP contribution < -0.4 is 5.32 Å². The van der Waals surface area contributed by atoms with Gasteiger partial charge in [-0.2, -0.15) is 0 Å². The summed E-state index contributed by atoms with van der Waals surface area (Å²) in [5.41, 5.74) is 0.276. The fourth-order valence-electron chi connectivity index (χ4n) is 2.54. The average molecular weight is 394 g/mol. The number of esters is 1. The molecule has 1 atom stereocenters. The zero-order valence-electron chi connectivity index (χ0n) is 13.8. The molecule has 142 valence electrons. The number of benzene rings is 1. The van der Waals surface area contributed by atoms with Gasteiger partial charge in [-0.25, -0.2) is 8.42 Å². The summed E-state index contributed by atoms with van der Waals surface area (Å²) in [5.74, 6) is -3.06. The van der Waals surface area contributed by atoms with Gasteiger partial charge in [-0.3, -0.25) is 19.7 Å². The van der Waals surface area contributed by atoms with Crippen molar-refractivity contribution in [1.82, 2.24) is 0 Å². The van der Waals surface area contributed by atoms with Crippen molar-refractivity contribution in [3.05, 3.63) is 52.3 Å². The number of nitrogens with one attached hydrogen (secondary N) is 1. The standard InChI is InChI=1S/C16H14N2O8S/c19-15(13-5-6-14(26-13)18(21)22)17-11-1-3-12(4-2-11)27(23,24)9-10-7-8-25-16(10)20/h1-6,10H,7-9H2,(H,17,19). The van der Waals surface area contributed by atoms with E-state index in [1.54, 1.807) is 0 Å². The maximum absolute atomic E-state index is 12.4. The minimum atomic E-state index is -3.69. The number of hydrogen-bond donors (Lipinski definition) is 1. The van der Waals surface area contributed by atoms with E-state index in [9.17, 15) is 28.1 Å². The van der Waals surface area contributed by atoms with E-state index in [1.165, 1.54) is 24.3 Å². The summed E-state index contributed by atoms with van der Waals surface area (Å²) in [6.07, 6.45) is 0.363. The minimum Gasteiger partial charge on any atom is -0.465 e. The van der Waals surface area contributed by atoms with Crippen LogP contribution in [0.1, 0.15) is 17.0 Å². The van der Waals surface area contributed by atoms with Crippen molar-refractivity contribution >= 4 is 33.3 Å². The number of furan rings is 1. The van der Waals surface area contributed by atoms with E-state index < -0.39 is 38.4 Å². The minimum absolute atomic E-state index is 0.00818. The first kappa shape index (κ1) is 18.6. The van der Waals surface area contributed by atoms with Crippen LogP contribution in [0.2, 0.25) is 0 Å². The fraction of sp³-hybridized carbons (Fsp3) is 0.250. The number of nitrogens with zero attached hydrogens (tertiary/aromatic N) is 1. The molecule has 1 N–H and O–H groups in total. The van der Waals surface area contributed by atoms with Gasteiger partial charge in [0.2, 0.25) is 0 Å². The van der Waals surface area contributed by atoms with Crippen LogP contribution in [-0.4, -0.2) is 37.6 Å². The molecule has 3 rings (SSSR count). The summed E-state index contributed by atoms with van der Waals surface area (Å²) < 4.78 is 34.3. The van der Waals surface area contributed by atoms with Crippen molar-refractivity contribution in [2.75, 3.05) is 17.7 Å². The summed E-state index contributed by atoms with van der Waals surface area (Å²) >= 11 is 0. The molecule has 0 bridgehead atoms. The van der Waals surface area contributed by atoms with Crippen LogP contribution in [0, 0.1) is 16.0 Å². The van der Waals surface area contributed by atoms with Crippen LogP contribution in [0.4, 0.5) is 11.6 Å². The van der Waals surface area contributed by atoms with Gasteiger partial charge in [-0.05, 0) is 36.8 Å². The molecule has 1 saturated heterocycles. The predicted molar refractivity (Wildman–Crippen MR) is 90.9 cm³/mol. The second-order valence-corrected chi connectivity index (χ2v) is 7.84. The number of carbonyl (C=O) groups excluding carboxylic acids is 2. The molecule has 1 aliphatic heterocycles. The van der Waals surface area contributed by atoms with Gasteiger partial charge < -0.3 is 14.5 Å². The van der Waals surface area contributed by atoms with Gasteiger partial charge in [-0.15, -0.1) is 0 Å². The summed E-state index contributed by atoms with van der Waals surface area (Å²) in [5, 5.41) is 13.0. The summed E-state index contributed by atoms with van der Waals surface area (Å²) in [6.45, 7) is 0.217. The first-order chi connectivity index (χ1) is 12.8. The maximum Gasteiger partial charge on any atom is 0.433 e. The highest BCUT2D eigenvalue weighted by molar-refractivity contribution is 7.91. The van der Waals surface area contributed by atoms with Gasteiger partial charge in [-0.1, -0.05) is 0 Å². The predicted octanol–water partition coefficient (Wildman–Crippen LogP) is 1.78. The average Bonchev–Trinajstić information content (AvgIpc) is 3.25. The third kappa shape index (κ3) is 4.14. The van der Waals surface area contributed by atoms with Crippen molar-refractivity contribution in [3.63, 3.8) is 0 Å². The van der Waals surface area contributed by atoms with Crippen molar-refractivity contribution in [1.29, 1.82) is 0 Å². The number of carbonyl (C=O) groups is 2. The number of hydrogen-bond acceptors (Lipinski definition) is 8. The van der Waals surface area contributed by atoms with E-state index in [-0.39, 0.29) is 28.7 Å². The van der Waals surface area contributed by atoms with E-state index in [4.69, 9.17) is 9.15 Å². The Labute approximate surface area is 153 Å². The number of nitro groups is 1. The fourth-order valence-corrected chi connectivity index (χ4v) is 4.11. The number of anilines is 1. The van der Waals surface area contributed by atoms with E-state index in [0.717, 1.165) is 12.1 Å². The number of cyclic esters (lactones) is 1. The molecule has 2 heterocycles. The Hall–Kier alpha value is -3.21. The Morgan fingerprint density at radius 1 is 1.22 bits per heavy atom. The second kappa shape index (κ2) is 7.19. The smallest absolute Gasteiger partial charge is 0.433 e. The Bertz CT molecular complexity index is 994. The quantitative estimate of drug-likeness (QED) is 0.443. The molecule has 0 saturated carbocycles. The van der Waals surface area contributed by atoms with Gasteiger partial charge in [0.05, 0.1) is 29.2 Å². The van der Waals surface area contributed by atoms with Gasteiger partial charge in [0, 0.05) is 5.69 Å². The van der Waals surface area contributed by atoms with E-state index in [2.05, 4.69) is 5.32 Å². The zero-order chi connectivity index (χ0) is 19.6. The highest BCUT2D eigenvalue weighted by atomic mass is 32.2. The SMILES string of the molecule is O=C(Nc1ccc(S(=O)(=O)CC2CCOC2=O)cc1)c1ccc([N+](=O)[O-])o1. The highest BCUT2D eigenvalue weighted by Crippen LogP contribution is 2.23. The Morgan fingerprint density at radius 3 is 2.48 bits per heavy atom. The monoisotopic (exact) mass is 394 g/mol. The van der Waals surface area contributed by atoms with Crippen LogP contribution in [-0.2, 0) is 19.4 Å². The van der Waals surface area contributed by atoms with Gasteiger partial charge in [0.15, 0.2) is 15.6 Å². The molecule has 1 aromatic carbocycles. The first-order valence-electron chi connectivity index (χ1n) is 7.81. The Morgan fingerprint density at radius 2 is 1.93 bits per heavy atom. The lowest BCUT2D eigenvalue weighted by Crippen LogP contribution is -2.20. The largest absolute Gasteiger partial charge is 0.465 e. The molecular weight excluding hydrogens is 380 g/mol. The lowest BCUT2D eigenvalue weighted by Gasteiger charge is -2.09. The van der Waals surface area contributed by atoms with E-state index >= 15 is 0 Å². The Balaban J connectivity index is 1.68. The van der Waals surface area contributed by atoms with Crippen molar-refractivity contribution in [3.8, 4) is 0 Å².